The summed E-state index contributed by atoms with van der Waals surface area (Å²) in [6, 6.07) is 0. The first-order chi connectivity index (χ1) is 15.6. The molecule has 0 fully saturated rings. The van der Waals surface area contributed by atoms with Crippen LogP contribution in [0.1, 0.15) is 175 Å². The Morgan fingerprint density at radius 1 is 0.500 bits per heavy atom. The van der Waals surface area contributed by atoms with Crippen molar-refractivity contribution in [3.63, 3.8) is 0 Å². The third-order valence-corrected chi connectivity index (χ3v) is 7.53. The molecule has 0 amide bonds. The molecular weight excluding hydrogens is 392 g/mol. The van der Waals surface area contributed by atoms with Gasteiger partial charge in [-0.25, -0.2) is 0 Å². The number of carboxylic acids is 1. The zero-order valence-corrected chi connectivity index (χ0v) is 22.6. The Morgan fingerprint density at radius 2 is 0.812 bits per heavy atom. The molecule has 0 aromatic rings. The molecule has 0 aliphatic carbocycles. The number of carbonyl (C=O) groups is 1. The van der Waals surface area contributed by atoms with Crippen molar-refractivity contribution in [3.8, 4) is 0 Å². The van der Waals surface area contributed by atoms with Crippen LogP contribution in [-0.2, 0) is 4.79 Å². The van der Waals surface area contributed by atoms with E-state index >= 15 is 0 Å². The zero-order valence-electron chi connectivity index (χ0n) is 22.6. The second-order valence-electron chi connectivity index (χ2n) is 10.3. The lowest BCUT2D eigenvalue weighted by molar-refractivity contribution is -0.137. The minimum atomic E-state index is -0.638. The van der Waals surface area contributed by atoms with Crippen molar-refractivity contribution in [1.82, 2.24) is 0 Å². The van der Waals surface area contributed by atoms with Gasteiger partial charge >= 0.3 is 5.97 Å². The molecule has 1 radical (unpaired) electrons. The molecule has 2 nitrogen and oxygen atoms in total. The largest absolute Gasteiger partial charge is 0.481 e. The van der Waals surface area contributed by atoms with Gasteiger partial charge in [-0.1, -0.05) is 150 Å². The van der Waals surface area contributed by atoms with E-state index in [0.717, 1.165) is 50.9 Å². The predicted octanol–water partition coefficient (Wildman–Crippen LogP) is 10.7. The van der Waals surface area contributed by atoms with E-state index in [-0.39, 0.29) is 5.41 Å². The number of aliphatic carboxylic acids is 1. The van der Waals surface area contributed by atoms with Crippen LogP contribution in [0.4, 0.5) is 0 Å². The van der Waals surface area contributed by atoms with E-state index in [9.17, 15) is 9.90 Å². The molecule has 0 bridgehead atoms. The summed E-state index contributed by atoms with van der Waals surface area (Å²) in [6.07, 6.45) is 29.3. The number of unbranched alkanes of at least 4 members (excludes halogenated alkanes) is 16. The van der Waals surface area contributed by atoms with Gasteiger partial charge in [-0.05, 0) is 31.1 Å². The summed E-state index contributed by atoms with van der Waals surface area (Å²) in [7, 11) is 0. The maximum Gasteiger partial charge on any atom is 0.311 e. The van der Waals surface area contributed by atoms with Crippen molar-refractivity contribution in [3.05, 3.63) is 5.92 Å². The molecule has 0 atom stereocenters. The van der Waals surface area contributed by atoms with Gasteiger partial charge in [0.05, 0.1) is 5.92 Å². The van der Waals surface area contributed by atoms with Crippen molar-refractivity contribution in [2.75, 3.05) is 0 Å². The van der Waals surface area contributed by atoms with Crippen LogP contribution < -0.4 is 0 Å². The fourth-order valence-corrected chi connectivity index (χ4v) is 5.45. The second kappa shape index (κ2) is 22.3. The normalized spacial score (nSPS) is 12.0. The Labute approximate surface area is 202 Å². The highest BCUT2D eigenvalue weighted by atomic mass is 16.4. The Morgan fingerprint density at radius 3 is 1.12 bits per heavy atom. The fourth-order valence-electron chi connectivity index (χ4n) is 5.45. The molecule has 0 heterocycles. The lowest BCUT2D eigenvalue weighted by Crippen LogP contribution is -2.34. The fraction of sp³-hybridized carbons (Fsp3) is 0.933. The Balaban J connectivity index is 4.08. The third-order valence-electron chi connectivity index (χ3n) is 7.53. The Bertz CT molecular complexity index is 396. The molecule has 0 aromatic heterocycles. The molecule has 0 aromatic carbocycles. The van der Waals surface area contributed by atoms with Crippen LogP contribution in [0.15, 0.2) is 0 Å². The molecule has 0 aliphatic rings. The van der Waals surface area contributed by atoms with E-state index in [4.69, 9.17) is 0 Å². The monoisotopic (exact) mass is 451 g/mol. The highest BCUT2D eigenvalue weighted by molar-refractivity contribution is 5.84. The van der Waals surface area contributed by atoms with Gasteiger partial charge in [-0.15, -0.1) is 0 Å². The summed E-state index contributed by atoms with van der Waals surface area (Å²) in [5.41, 5.74) is -0.0524. The molecule has 191 valence electrons. The van der Waals surface area contributed by atoms with Crippen LogP contribution >= 0.6 is 0 Å². The van der Waals surface area contributed by atoms with Crippen molar-refractivity contribution in [2.45, 2.75) is 175 Å². The molecule has 2 heteroatoms. The van der Waals surface area contributed by atoms with Crippen molar-refractivity contribution in [2.24, 2.45) is 5.41 Å². The summed E-state index contributed by atoms with van der Waals surface area (Å²) in [4.78, 5) is 12.0. The van der Waals surface area contributed by atoms with Crippen LogP contribution in [0.2, 0.25) is 0 Å². The van der Waals surface area contributed by atoms with Gasteiger partial charge in [-0.2, -0.15) is 0 Å². The van der Waals surface area contributed by atoms with Gasteiger partial charge < -0.3 is 5.11 Å². The van der Waals surface area contributed by atoms with E-state index in [2.05, 4.69) is 20.8 Å². The molecule has 0 unspecified atom stereocenters. The maximum absolute atomic E-state index is 12.0. The predicted molar refractivity (Wildman–Crippen MR) is 142 cm³/mol. The summed E-state index contributed by atoms with van der Waals surface area (Å²) in [6.45, 7) is 8.78. The van der Waals surface area contributed by atoms with Gasteiger partial charge in [0.15, 0.2) is 0 Å². The van der Waals surface area contributed by atoms with Crippen molar-refractivity contribution >= 4 is 5.97 Å². The van der Waals surface area contributed by atoms with Gasteiger partial charge in [0.25, 0.3) is 0 Å². The first-order valence-electron chi connectivity index (χ1n) is 14.7. The van der Waals surface area contributed by atoms with Gasteiger partial charge in [0.2, 0.25) is 0 Å². The molecule has 0 spiro atoms. The Kier molecular flexibility index (Phi) is 21.9. The van der Waals surface area contributed by atoms with E-state index in [0.29, 0.717) is 6.42 Å². The highest BCUT2D eigenvalue weighted by Gasteiger charge is 2.41. The second-order valence-corrected chi connectivity index (χ2v) is 10.3. The zero-order chi connectivity index (χ0) is 23.9. The number of rotatable bonds is 25. The average Bonchev–Trinajstić information content (AvgIpc) is 2.78. The van der Waals surface area contributed by atoms with E-state index in [1.807, 2.05) is 6.92 Å². The number of carboxylic acid groups (broad SMARTS) is 1. The number of hydrogen-bond donors (Lipinski definition) is 1. The standard InChI is InChI=1S/C30H59O2/c1-5-9-12-13-14-15-16-17-18-19-20-21-22-23-24-27-30(25-10-6-2,26-11-7-3)28(8-4)29(31)32/h5-27H2,1-4H3,(H,31,32). The smallest absolute Gasteiger partial charge is 0.311 e. The maximum atomic E-state index is 12.0. The van der Waals surface area contributed by atoms with E-state index in [1.165, 1.54) is 96.3 Å². The third kappa shape index (κ3) is 15.3. The summed E-state index contributed by atoms with van der Waals surface area (Å²) < 4.78 is 0. The molecule has 32 heavy (non-hydrogen) atoms. The molecular formula is C30H59O2. The van der Waals surface area contributed by atoms with Crippen LogP contribution in [0.5, 0.6) is 0 Å². The number of hydrogen-bond acceptors (Lipinski definition) is 1. The lowest BCUT2D eigenvalue weighted by Gasteiger charge is -2.39. The first-order valence-corrected chi connectivity index (χ1v) is 14.7. The van der Waals surface area contributed by atoms with Gasteiger partial charge in [0, 0.05) is 0 Å². The van der Waals surface area contributed by atoms with Gasteiger partial charge in [-0.3, -0.25) is 4.79 Å². The minimum Gasteiger partial charge on any atom is -0.481 e. The average molecular weight is 452 g/mol. The highest BCUT2D eigenvalue weighted by Crippen LogP contribution is 2.46. The Hall–Kier alpha value is -0.530. The summed E-state index contributed by atoms with van der Waals surface area (Å²) in [5, 5.41) is 9.90. The van der Waals surface area contributed by atoms with Crippen molar-refractivity contribution < 1.29 is 9.90 Å². The molecule has 1 N–H and O–H groups in total. The molecule has 0 saturated carbocycles. The first kappa shape index (κ1) is 31.5. The van der Waals surface area contributed by atoms with Crippen LogP contribution in [0.25, 0.3) is 0 Å². The topological polar surface area (TPSA) is 37.3 Å². The SMILES string of the molecule is CCCCCCCCCCCCCCCCCC(CCCC)(CCCC)[C](CC)C(=O)O. The molecule has 0 rings (SSSR count). The molecule has 0 aliphatic heterocycles. The molecule has 0 saturated heterocycles. The van der Waals surface area contributed by atoms with Crippen LogP contribution in [0, 0.1) is 11.3 Å². The van der Waals surface area contributed by atoms with Gasteiger partial charge in [0.1, 0.15) is 0 Å². The quantitative estimate of drug-likeness (QED) is 0.140. The van der Waals surface area contributed by atoms with Crippen molar-refractivity contribution in [1.29, 1.82) is 0 Å². The summed E-state index contributed by atoms with van der Waals surface area (Å²) in [5.74, 6) is 0.172. The lowest BCUT2D eigenvalue weighted by atomic mass is 9.65. The van der Waals surface area contributed by atoms with Crippen LogP contribution in [-0.4, -0.2) is 11.1 Å². The van der Waals surface area contributed by atoms with E-state index in [1.54, 1.807) is 0 Å². The minimum absolute atomic E-state index is 0.0524. The van der Waals surface area contributed by atoms with E-state index < -0.39 is 5.97 Å². The van der Waals surface area contributed by atoms with Crippen LogP contribution in [0.3, 0.4) is 0 Å². The summed E-state index contributed by atoms with van der Waals surface area (Å²) >= 11 is 0.